The summed E-state index contributed by atoms with van der Waals surface area (Å²) in [5.41, 5.74) is -0.339. The van der Waals surface area contributed by atoms with Crippen LogP contribution in [0.5, 0.6) is 0 Å². The minimum atomic E-state index is -1.11. The van der Waals surface area contributed by atoms with Gasteiger partial charge in [-0.1, -0.05) is 37.3 Å². The van der Waals surface area contributed by atoms with Crippen molar-refractivity contribution in [3.8, 4) is 0 Å². The molecule has 0 spiro atoms. The van der Waals surface area contributed by atoms with Crippen LogP contribution in [0.1, 0.15) is 25.8 Å². The standard InChI is InChI=1S/C11H16O2/c1-3-11(13,9(2)12)10-7-5-4-6-8-10/h4-9,12-13H,3H2,1-2H3. The van der Waals surface area contributed by atoms with Gasteiger partial charge in [-0.15, -0.1) is 0 Å². The minimum Gasteiger partial charge on any atom is -0.390 e. The smallest absolute Gasteiger partial charge is 0.115 e. The van der Waals surface area contributed by atoms with Crippen LogP contribution in [0.4, 0.5) is 0 Å². The molecule has 0 saturated heterocycles. The van der Waals surface area contributed by atoms with Gasteiger partial charge in [-0.25, -0.2) is 0 Å². The van der Waals surface area contributed by atoms with Crippen LogP contribution in [-0.4, -0.2) is 16.3 Å². The third-order valence-corrected chi connectivity index (χ3v) is 2.50. The Labute approximate surface area is 78.8 Å². The van der Waals surface area contributed by atoms with E-state index in [9.17, 15) is 10.2 Å². The molecule has 0 heterocycles. The molecule has 1 rings (SSSR count). The maximum atomic E-state index is 10.1. The Hall–Kier alpha value is -0.860. The molecule has 1 aromatic rings. The first-order valence-corrected chi connectivity index (χ1v) is 4.57. The van der Waals surface area contributed by atoms with E-state index in [0.29, 0.717) is 6.42 Å². The van der Waals surface area contributed by atoms with Gasteiger partial charge in [-0.05, 0) is 18.9 Å². The third-order valence-electron chi connectivity index (χ3n) is 2.50. The van der Waals surface area contributed by atoms with E-state index >= 15 is 0 Å². The Morgan fingerprint density at radius 1 is 1.31 bits per heavy atom. The van der Waals surface area contributed by atoms with E-state index in [-0.39, 0.29) is 0 Å². The van der Waals surface area contributed by atoms with Gasteiger partial charge in [0.1, 0.15) is 5.60 Å². The lowest BCUT2D eigenvalue weighted by Gasteiger charge is -2.30. The Morgan fingerprint density at radius 3 is 2.23 bits per heavy atom. The summed E-state index contributed by atoms with van der Waals surface area (Å²) in [6.07, 6.45) is -0.241. The first-order chi connectivity index (χ1) is 6.11. The predicted octanol–water partition coefficient (Wildman–Crippen LogP) is 1.66. The van der Waals surface area contributed by atoms with Gasteiger partial charge in [0.2, 0.25) is 0 Å². The van der Waals surface area contributed by atoms with Gasteiger partial charge in [-0.3, -0.25) is 0 Å². The van der Waals surface area contributed by atoms with E-state index in [1.54, 1.807) is 6.92 Å². The van der Waals surface area contributed by atoms with Crippen molar-refractivity contribution in [1.29, 1.82) is 0 Å². The van der Waals surface area contributed by atoms with Crippen molar-refractivity contribution in [2.75, 3.05) is 0 Å². The van der Waals surface area contributed by atoms with E-state index in [4.69, 9.17) is 0 Å². The van der Waals surface area contributed by atoms with Crippen LogP contribution in [0.2, 0.25) is 0 Å². The summed E-state index contributed by atoms with van der Waals surface area (Å²) in [5, 5.41) is 19.6. The number of benzene rings is 1. The van der Waals surface area contributed by atoms with E-state index in [1.807, 2.05) is 37.3 Å². The largest absolute Gasteiger partial charge is 0.390 e. The Bertz CT molecular complexity index is 256. The Morgan fingerprint density at radius 2 is 1.85 bits per heavy atom. The fraction of sp³-hybridized carbons (Fsp3) is 0.455. The maximum Gasteiger partial charge on any atom is 0.115 e. The lowest BCUT2D eigenvalue weighted by atomic mass is 9.87. The molecule has 2 atom stereocenters. The highest BCUT2D eigenvalue weighted by Gasteiger charge is 2.32. The van der Waals surface area contributed by atoms with Gasteiger partial charge in [0, 0.05) is 0 Å². The minimum absolute atomic E-state index is 0.509. The Balaban J connectivity index is 3.03. The highest BCUT2D eigenvalue weighted by molar-refractivity contribution is 5.23. The van der Waals surface area contributed by atoms with Crippen LogP contribution >= 0.6 is 0 Å². The molecular weight excluding hydrogens is 164 g/mol. The molecule has 0 amide bonds. The normalized spacial score (nSPS) is 17.8. The van der Waals surface area contributed by atoms with Gasteiger partial charge >= 0.3 is 0 Å². The molecule has 0 aromatic heterocycles. The molecule has 2 heteroatoms. The van der Waals surface area contributed by atoms with Crippen LogP contribution < -0.4 is 0 Å². The topological polar surface area (TPSA) is 40.5 Å². The molecular formula is C11H16O2. The van der Waals surface area contributed by atoms with E-state index < -0.39 is 11.7 Å². The van der Waals surface area contributed by atoms with E-state index in [0.717, 1.165) is 5.56 Å². The molecule has 0 radical (unpaired) electrons. The predicted molar refractivity (Wildman–Crippen MR) is 52.3 cm³/mol. The number of hydrogen-bond donors (Lipinski definition) is 2. The molecule has 0 bridgehead atoms. The molecule has 1 aromatic carbocycles. The summed E-state index contributed by atoms with van der Waals surface area (Å²) in [5.74, 6) is 0. The fourth-order valence-corrected chi connectivity index (χ4v) is 1.47. The van der Waals surface area contributed by atoms with Gasteiger partial charge in [-0.2, -0.15) is 0 Å². The zero-order valence-corrected chi connectivity index (χ0v) is 8.07. The summed E-state index contributed by atoms with van der Waals surface area (Å²) in [6, 6.07) is 9.27. The molecule has 0 aliphatic rings. The Kier molecular flexibility index (Phi) is 3.07. The van der Waals surface area contributed by atoms with Gasteiger partial charge in [0.25, 0.3) is 0 Å². The highest BCUT2D eigenvalue weighted by atomic mass is 16.3. The molecule has 2 unspecified atom stereocenters. The van der Waals surface area contributed by atoms with Crippen molar-refractivity contribution in [2.24, 2.45) is 0 Å². The first-order valence-electron chi connectivity index (χ1n) is 4.57. The third kappa shape index (κ3) is 1.90. The summed E-state index contributed by atoms with van der Waals surface area (Å²) < 4.78 is 0. The zero-order chi connectivity index (χ0) is 9.90. The highest BCUT2D eigenvalue weighted by Crippen LogP contribution is 2.28. The van der Waals surface area contributed by atoms with Crippen LogP contribution in [0, 0.1) is 0 Å². The van der Waals surface area contributed by atoms with Crippen LogP contribution in [0.3, 0.4) is 0 Å². The summed E-state index contributed by atoms with van der Waals surface area (Å²) in [6.45, 7) is 3.47. The van der Waals surface area contributed by atoms with Crippen LogP contribution in [0.25, 0.3) is 0 Å². The number of aliphatic hydroxyl groups is 2. The van der Waals surface area contributed by atoms with Crippen molar-refractivity contribution >= 4 is 0 Å². The van der Waals surface area contributed by atoms with Gasteiger partial charge in [0.05, 0.1) is 6.10 Å². The van der Waals surface area contributed by atoms with Crippen molar-refractivity contribution in [2.45, 2.75) is 32.0 Å². The summed E-state index contributed by atoms with van der Waals surface area (Å²) >= 11 is 0. The van der Waals surface area contributed by atoms with Gasteiger partial charge < -0.3 is 10.2 Å². The monoisotopic (exact) mass is 180 g/mol. The summed E-state index contributed by atoms with van der Waals surface area (Å²) in [4.78, 5) is 0. The molecule has 0 saturated carbocycles. The second-order valence-electron chi connectivity index (χ2n) is 3.32. The number of aliphatic hydroxyl groups excluding tert-OH is 1. The lowest BCUT2D eigenvalue weighted by Crippen LogP contribution is -2.36. The molecule has 0 fully saturated rings. The molecule has 2 nitrogen and oxygen atoms in total. The second-order valence-corrected chi connectivity index (χ2v) is 3.32. The first kappa shape index (κ1) is 10.2. The summed E-state index contributed by atoms with van der Waals surface area (Å²) in [7, 11) is 0. The quantitative estimate of drug-likeness (QED) is 0.742. The molecule has 0 aliphatic carbocycles. The zero-order valence-electron chi connectivity index (χ0n) is 8.07. The van der Waals surface area contributed by atoms with E-state index in [1.165, 1.54) is 0 Å². The van der Waals surface area contributed by atoms with Gasteiger partial charge in [0.15, 0.2) is 0 Å². The molecule has 0 aliphatic heterocycles. The van der Waals surface area contributed by atoms with Crippen molar-refractivity contribution in [3.63, 3.8) is 0 Å². The molecule has 2 N–H and O–H groups in total. The van der Waals surface area contributed by atoms with Crippen molar-refractivity contribution in [3.05, 3.63) is 35.9 Å². The van der Waals surface area contributed by atoms with Crippen molar-refractivity contribution in [1.82, 2.24) is 0 Å². The molecule has 13 heavy (non-hydrogen) atoms. The average Bonchev–Trinajstić information content (AvgIpc) is 2.17. The lowest BCUT2D eigenvalue weighted by molar-refractivity contribution is -0.0741. The fourth-order valence-electron chi connectivity index (χ4n) is 1.47. The molecule has 72 valence electrons. The van der Waals surface area contributed by atoms with Crippen LogP contribution in [-0.2, 0) is 5.60 Å². The SMILES string of the molecule is CCC(O)(c1ccccc1)C(C)O. The number of hydrogen-bond acceptors (Lipinski definition) is 2. The van der Waals surface area contributed by atoms with Crippen LogP contribution in [0.15, 0.2) is 30.3 Å². The maximum absolute atomic E-state index is 10.1. The van der Waals surface area contributed by atoms with Crippen molar-refractivity contribution < 1.29 is 10.2 Å². The second kappa shape index (κ2) is 3.90. The number of rotatable bonds is 3. The average molecular weight is 180 g/mol. The van der Waals surface area contributed by atoms with E-state index in [2.05, 4.69) is 0 Å².